The lowest BCUT2D eigenvalue weighted by Crippen LogP contribution is -2.18. The summed E-state index contributed by atoms with van der Waals surface area (Å²) in [5.41, 5.74) is 2.34. The number of carbonyl (C=O) groups excluding carboxylic acids is 2. The van der Waals surface area contributed by atoms with Gasteiger partial charge in [0.1, 0.15) is 5.82 Å². The van der Waals surface area contributed by atoms with Gasteiger partial charge in [0.05, 0.1) is 11.6 Å². The van der Waals surface area contributed by atoms with Crippen molar-refractivity contribution in [2.45, 2.75) is 31.6 Å². The zero-order valence-electron chi connectivity index (χ0n) is 17.0. The van der Waals surface area contributed by atoms with E-state index in [4.69, 9.17) is 0 Å². The highest BCUT2D eigenvalue weighted by Crippen LogP contribution is 2.43. The lowest BCUT2D eigenvalue weighted by atomic mass is 9.95. The van der Waals surface area contributed by atoms with Crippen molar-refractivity contribution in [1.82, 2.24) is 4.98 Å². The number of hydrogen-bond donors (Lipinski definition) is 2. The first-order valence-electron chi connectivity index (χ1n) is 10.0. The molecule has 0 bridgehead atoms. The fourth-order valence-electron chi connectivity index (χ4n) is 3.23. The Morgan fingerprint density at radius 3 is 2.68 bits per heavy atom. The first-order chi connectivity index (χ1) is 14.9. The van der Waals surface area contributed by atoms with Crippen molar-refractivity contribution in [2.75, 3.05) is 10.6 Å². The zero-order chi connectivity index (χ0) is 22.0. The van der Waals surface area contributed by atoms with Crippen LogP contribution < -0.4 is 10.6 Å². The van der Waals surface area contributed by atoms with Crippen LogP contribution in [0.1, 0.15) is 42.0 Å². The van der Waals surface area contributed by atoms with Crippen LogP contribution in [0.15, 0.2) is 61.3 Å². The van der Waals surface area contributed by atoms with E-state index in [1.54, 1.807) is 6.07 Å². The van der Waals surface area contributed by atoms with Gasteiger partial charge in [-0.1, -0.05) is 36.9 Å². The Morgan fingerprint density at radius 1 is 1.19 bits per heavy atom. The fraction of sp³-hybridized carbons (Fsp3) is 0.208. The molecule has 1 atom stereocenters. The Morgan fingerprint density at radius 2 is 1.97 bits per heavy atom. The predicted octanol–water partition coefficient (Wildman–Crippen LogP) is 5.69. The van der Waals surface area contributed by atoms with Gasteiger partial charge in [-0.2, -0.15) is 0 Å². The van der Waals surface area contributed by atoms with Crippen molar-refractivity contribution in [3.63, 3.8) is 0 Å². The van der Waals surface area contributed by atoms with Crippen LogP contribution in [-0.4, -0.2) is 16.8 Å². The number of rotatable bonds is 7. The molecule has 0 aliphatic heterocycles. The van der Waals surface area contributed by atoms with E-state index < -0.39 is 17.6 Å². The highest BCUT2D eigenvalue weighted by atomic mass is 32.1. The molecular weight excluding hydrogens is 413 g/mol. The summed E-state index contributed by atoms with van der Waals surface area (Å²) in [5.74, 6) is -0.946. The summed E-state index contributed by atoms with van der Waals surface area (Å²) in [5, 5.41) is 5.95. The molecular formula is C24H22FN3O2S. The summed E-state index contributed by atoms with van der Waals surface area (Å²) < 4.78 is 14.4. The summed E-state index contributed by atoms with van der Waals surface area (Å²) in [6, 6.07) is 12.0. The molecule has 3 aromatic rings. The second-order valence-electron chi connectivity index (χ2n) is 7.57. The normalized spacial score (nSPS) is 14.0. The number of benzene rings is 2. The maximum absolute atomic E-state index is 14.4. The Bertz CT molecular complexity index is 1150. The molecule has 1 heterocycles. The molecule has 1 fully saturated rings. The quantitative estimate of drug-likeness (QED) is 0.468. The van der Waals surface area contributed by atoms with Crippen LogP contribution in [-0.2, 0) is 9.59 Å². The minimum absolute atomic E-state index is 0.0894. The van der Waals surface area contributed by atoms with E-state index in [2.05, 4.69) is 22.2 Å². The molecule has 2 aromatic carbocycles. The number of nitrogens with one attached hydrogen (secondary N) is 2. The molecule has 0 radical (unpaired) electrons. The van der Waals surface area contributed by atoms with Crippen LogP contribution in [0.2, 0.25) is 0 Å². The third-order valence-corrected chi connectivity index (χ3v) is 6.33. The van der Waals surface area contributed by atoms with Crippen LogP contribution in [0.5, 0.6) is 0 Å². The van der Waals surface area contributed by atoms with Gasteiger partial charge in [0.2, 0.25) is 11.8 Å². The smallest absolute Gasteiger partial charge is 0.247 e. The summed E-state index contributed by atoms with van der Waals surface area (Å²) in [6.07, 6.45) is 5.32. The number of amides is 2. The van der Waals surface area contributed by atoms with Crippen molar-refractivity contribution in [2.24, 2.45) is 0 Å². The first-order valence-corrected chi connectivity index (χ1v) is 10.9. The van der Waals surface area contributed by atoms with Crippen molar-refractivity contribution in [1.29, 1.82) is 0 Å². The van der Waals surface area contributed by atoms with Crippen LogP contribution in [0.25, 0.3) is 11.1 Å². The lowest BCUT2D eigenvalue weighted by molar-refractivity contribution is -0.117. The molecule has 4 rings (SSSR count). The molecule has 0 spiro atoms. The van der Waals surface area contributed by atoms with E-state index in [0.717, 1.165) is 17.2 Å². The molecule has 1 aromatic heterocycles. The number of anilines is 2. The second kappa shape index (κ2) is 8.81. The topological polar surface area (TPSA) is 71.1 Å². The predicted molar refractivity (Wildman–Crippen MR) is 122 cm³/mol. The van der Waals surface area contributed by atoms with Crippen molar-refractivity contribution >= 4 is 34.0 Å². The van der Waals surface area contributed by atoms with Gasteiger partial charge in [-0.3, -0.25) is 9.59 Å². The fourth-order valence-corrected chi connectivity index (χ4v) is 4.22. The van der Waals surface area contributed by atoms with Gasteiger partial charge in [0.15, 0.2) is 5.13 Å². The largest absolute Gasteiger partial charge is 0.320 e. The molecule has 7 heteroatoms. The Kier molecular flexibility index (Phi) is 5.95. The Labute approximate surface area is 184 Å². The second-order valence-corrected chi connectivity index (χ2v) is 8.63. The minimum Gasteiger partial charge on any atom is -0.320 e. The van der Waals surface area contributed by atoms with Crippen LogP contribution >= 0.6 is 11.3 Å². The van der Waals surface area contributed by atoms with Crippen molar-refractivity contribution < 1.29 is 14.0 Å². The SMILES string of the molecule is C=CC(=O)Nc1ccc(-c2cccc(C(C)C(=O)Nc3ncc(C4CC4)s3)c2)cc1F. The third kappa shape index (κ3) is 4.88. The van der Waals surface area contributed by atoms with Gasteiger partial charge in [-0.05, 0) is 60.6 Å². The third-order valence-electron chi connectivity index (χ3n) is 5.26. The monoisotopic (exact) mass is 435 g/mol. The van der Waals surface area contributed by atoms with Crippen molar-refractivity contribution in [3.05, 3.63) is 77.6 Å². The zero-order valence-corrected chi connectivity index (χ0v) is 17.8. The molecule has 5 nitrogen and oxygen atoms in total. The van der Waals surface area contributed by atoms with Crippen LogP contribution in [0.3, 0.4) is 0 Å². The average molecular weight is 436 g/mol. The van der Waals surface area contributed by atoms with Gasteiger partial charge in [0, 0.05) is 11.1 Å². The summed E-state index contributed by atoms with van der Waals surface area (Å²) >= 11 is 1.53. The maximum atomic E-state index is 14.4. The Balaban J connectivity index is 1.49. The highest BCUT2D eigenvalue weighted by molar-refractivity contribution is 7.15. The Hall–Kier alpha value is -3.32. The summed E-state index contributed by atoms with van der Waals surface area (Å²) in [6.45, 7) is 5.19. The summed E-state index contributed by atoms with van der Waals surface area (Å²) in [4.78, 5) is 29.7. The van der Waals surface area contributed by atoms with Gasteiger partial charge in [0.25, 0.3) is 0 Å². The number of carbonyl (C=O) groups is 2. The molecule has 0 saturated heterocycles. The van der Waals surface area contributed by atoms with E-state index in [-0.39, 0.29) is 11.6 Å². The molecule has 2 amide bonds. The van der Waals surface area contributed by atoms with Gasteiger partial charge >= 0.3 is 0 Å². The van der Waals surface area contributed by atoms with E-state index in [0.29, 0.717) is 16.6 Å². The van der Waals surface area contributed by atoms with Gasteiger partial charge in [-0.15, -0.1) is 11.3 Å². The standard InChI is InChI=1S/C24H22FN3O2S/c1-3-22(29)27-20-10-9-18(12-19(20)25)17-6-4-5-16(11-17)14(2)23(30)28-24-26-13-21(31-24)15-7-8-15/h3-6,9-15H,1,7-8H2,2H3,(H,27,29)(H,26,28,30). The lowest BCUT2D eigenvalue weighted by Gasteiger charge is -2.13. The molecule has 31 heavy (non-hydrogen) atoms. The maximum Gasteiger partial charge on any atom is 0.247 e. The number of hydrogen-bond acceptors (Lipinski definition) is 4. The number of halogens is 1. The summed E-state index contributed by atoms with van der Waals surface area (Å²) in [7, 11) is 0. The molecule has 2 N–H and O–H groups in total. The van der Waals surface area contributed by atoms with E-state index >= 15 is 0 Å². The molecule has 1 unspecified atom stereocenters. The van der Waals surface area contributed by atoms with Crippen LogP contribution in [0, 0.1) is 5.82 Å². The first kappa shape index (κ1) is 20.9. The number of aromatic nitrogens is 1. The average Bonchev–Trinajstić information content (AvgIpc) is 3.53. The van der Waals surface area contributed by atoms with E-state index in [1.807, 2.05) is 37.4 Å². The van der Waals surface area contributed by atoms with E-state index in [9.17, 15) is 14.0 Å². The highest BCUT2D eigenvalue weighted by Gasteiger charge is 2.26. The van der Waals surface area contributed by atoms with E-state index in [1.165, 1.54) is 41.2 Å². The van der Waals surface area contributed by atoms with Gasteiger partial charge < -0.3 is 10.6 Å². The molecule has 1 aliphatic carbocycles. The minimum atomic E-state index is -0.542. The number of nitrogens with zero attached hydrogens (tertiary/aromatic N) is 1. The van der Waals surface area contributed by atoms with Crippen LogP contribution in [0.4, 0.5) is 15.2 Å². The van der Waals surface area contributed by atoms with Crippen molar-refractivity contribution in [3.8, 4) is 11.1 Å². The molecule has 1 saturated carbocycles. The number of thiazole rings is 1. The molecule has 158 valence electrons. The van der Waals surface area contributed by atoms with Gasteiger partial charge in [-0.25, -0.2) is 9.37 Å². The molecule has 1 aliphatic rings.